The maximum atomic E-state index is 14.3. The first-order valence-corrected chi connectivity index (χ1v) is 10.5. The SMILES string of the molecule is COC(=O)c1ccc([C@H]2C(=C(O)c3ccc(OC)c(F)c3)C(=O)C(=O)N2Cc2cccnc2)cc1. The molecule has 0 radical (unpaired) electrons. The van der Waals surface area contributed by atoms with Gasteiger partial charge in [0.05, 0.1) is 31.4 Å². The van der Waals surface area contributed by atoms with Gasteiger partial charge in [-0.3, -0.25) is 14.6 Å². The zero-order valence-electron chi connectivity index (χ0n) is 18.9. The van der Waals surface area contributed by atoms with Crippen molar-refractivity contribution in [1.82, 2.24) is 9.88 Å². The van der Waals surface area contributed by atoms with E-state index in [0.29, 0.717) is 11.1 Å². The van der Waals surface area contributed by atoms with Gasteiger partial charge in [0.25, 0.3) is 11.7 Å². The summed E-state index contributed by atoms with van der Waals surface area (Å²) in [6.45, 7) is 0.0373. The number of aromatic nitrogens is 1. The van der Waals surface area contributed by atoms with Crippen LogP contribution in [0.15, 0.2) is 72.6 Å². The van der Waals surface area contributed by atoms with Crippen LogP contribution < -0.4 is 4.74 Å². The highest BCUT2D eigenvalue weighted by atomic mass is 19.1. The van der Waals surface area contributed by atoms with E-state index >= 15 is 0 Å². The number of Topliss-reactive ketones (excluding diaryl/α,β-unsaturated/α-hetero) is 1. The van der Waals surface area contributed by atoms with Gasteiger partial charge in [-0.15, -0.1) is 0 Å². The predicted molar refractivity (Wildman–Crippen MR) is 123 cm³/mol. The summed E-state index contributed by atoms with van der Waals surface area (Å²) in [6.07, 6.45) is 3.15. The van der Waals surface area contributed by atoms with Crippen LogP contribution >= 0.6 is 0 Å². The van der Waals surface area contributed by atoms with Crippen LogP contribution in [0.4, 0.5) is 4.39 Å². The van der Waals surface area contributed by atoms with E-state index in [1.807, 2.05) is 0 Å². The number of aliphatic hydroxyl groups is 1. The van der Waals surface area contributed by atoms with Crippen molar-refractivity contribution in [3.8, 4) is 5.75 Å². The van der Waals surface area contributed by atoms with E-state index in [-0.39, 0.29) is 29.0 Å². The lowest BCUT2D eigenvalue weighted by atomic mass is 9.94. The Morgan fingerprint density at radius 2 is 1.80 bits per heavy atom. The van der Waals surface area contributed by atoms with E-state index in [1.54, 1.807) is 36.7 Å². The highest BCUT2D eigenvalue weighted by Crippen LogP contribution is 2.40. The molecule has 0 aliphatic carbocycles. The molecule has 0 spiro atoms. The number of halogens is 1. The Morgan fingerprint density at radius 1 is 1.09 bits per heavy atom. The monoisotopic (exact) mass is 476 g/mol. The summed E-state index contributed by atoms with van der Waals surface area (Å²) in [5.74, 6) is -3.58. The number of benzene rings is 2. The Balaban J connectivity index is 1.85. The summed E-state index contributed by atoms with van der Waals surface area (Å²) in [4.78, 5) is 43.4. The number of aliphatic hydroxyl groups excluding tert-OH is 1. The zero-order valence-corrected chi connectivity index (χ0v) is 18.9. The van der Waals surface area contributed by atoms with E-state index in [4.69, 9.17) is 9.47 Å². The van der Waals surface area contributed by atoms with E-state index in [1.165, 1.54) is 43.4 Å². The molecule has 1 N–H and O–H groups in total. The fourth-order valence-electron chi connectivity index (χ4n) is 3.97. The van der Waals surface area contributed by atoms with Gasteiger partial charge in [-0.25, -0.2) is 9.18 Å². The number of carbonyl (C=O) groups excluding carboxylic acids is 3. The first-order chi connectivity index (χ1) is 16.8. The fraction of sp³-hybridized carbons (Fsp3) is 0.154. The van der Waals surface area contributed by atoms with Gasteiger partial charge >= 0.3 is 5.97 Å². The minimum absolute atomic E-state index is 0.0128. The molecule has 4 rings (SSSR count). The molecule has 8 nitrogen and oxygen atoms in total. The van der Waals surface area contributed by atoms with Gasteiger partial charge in [0.2, 0.25) is 0 Å². The van der Waals surface area contributed by atoms with Gasteiger partial charge in [-0.2, -0.15) is 0 Å². The number of methoxy groups -OCH3 is 2. The topological polar surface area (TPSA) is 106 Å². The van der Waals surface area contributed by atoms with Gasteiger partial charge < -0.3 is 19.5 Å². The molecule has 1 saturated heterocycles. The summed E-state index contributed by atoms with van der Waals surface area (Å²) in [6, 6.07) is 12.3. The molecule has 1 atom stereocenters. The van der Waals surface area contributed by atoms with Crippen molar-refractivity contribution in [2.45, 2.75) is 12.6 Å². The highest BCUT2D eigenvalue weighted by molar-refractivity contribution is 6.46. The van der Waals surface area contributed by atoms with Gasteiger partial charge in [0.15, 0.2) is 11.6 Å². The molecule has 2 heterocycles. The lowest BCUT2D eigenvalue weighted by Crippen LogP contribution is -2.29. The van der Waals surface area contributed by atoms with Crippen LogP contribution in [0, 0.1) is 5.82 Å². The summed E-state index contributed by atoms with van der Waals surface area (Å²) < 4.78 is 24.0. The van der Waals surface area contributed by atoms with Crippen molar-refractivity contribution >= 4 is 23.4 Å². The minimum Gasteiger partial charge on any atom is -0.507 e. The molecule has 0 saturated carbocycles. The number of esters is 1. The minimum atomic E-state index is -0.993. The van der Waals surface area contributed by atoms with E-state index in [2.05, 4.69) is 4.98 Å². The predicted octanol–water partition coefficient (Wildman–Crippen LogP) is 3.64. The molecule has 178 valence electrons. The Labute approximate surface area is 200 Å². The molecule has 35 heavy (non-hydrogen) atoms. The molecule has 0 bridgehead atoms. The Kier molecular flexibility index (Phi) is 6.59. The average molecular weight is 476 g/mol. The van der Waals surface area contributed by atoms with Gasteiger partial charge in [0, 0.05) is 24.5 Å². The number of rotatable bonds is 6. The Hall–Kier alpha value is -4.53. The first-order valence-electron chi connectivity index (χ1n) is 10.5. The maximum Gasteiger partial charge on any atom is 0.337 e. The normalized spacial score (nSPS) is 16.9. The number of ether oxygens (including phenoxy) is 2. The number of ketones is 1. The van der Waals surface area contributed by atoms with Crippen LogP contribution in [-0.4, -0.2) is 46.9 Å². The Bertz CT molecular complexity index is 1320. The van der Waals surface area contributed by atoms with Gasteiger partial charge in [0.1, 0.15) is 5.76 Å². The largest absolute Gasteiger partial charge is 0.507 e. The number of pyridine rings is 1. The van der Waals surface area contributed by atoms with Crippen LogP contribution in [0.25, 0.3) is 5.76 Å². The Morgan fingerprint density at radius 3 is 2.40 bits per heavy atom. The molecular formula is C26H21FN2O6. The third kappa shape index (κ3) is 4.48. The van der Waals surface area contributed by atoms with Gasteiger partial charge in [-0.05, 0) is 47.5 Å². The quantitative estimate of drug-likeness (QED) is 0.251. The van der Waals surface area contributed by atoms with Crippen LogP contribution in [0.5, 0.6) is 5.75 Å². The fourth-order valence-corrected chi connectivity index (χ4v) is 3.97. The molecule has 1 aromatic heterocycles. The second-order valence-electron chi connectivity index (χ2n) is 7.75. The van der Waals surface area contributed by atoms with Gasteiger partial charge in [-0.1, -0.05) is 18.2 Å². The number of hydrogen-bond acceptors (Lipinski definition) is 7. The lowest BCUT2D eigenvalue weighted by Gasteiger charge is -2.25. The van der Waals surface area contributed by atoms with Crippen molar-refractivity contribution in [2.75, 3.05) is 14.2 Å². The average Bonchev–Trinajstić information content (AvgIpc) is 3.13. The van der Waals surface area contributed by atoms with Crippen molar-refractivity contribution < 1.29 is 33.4 Å². The molecule has 2 aromatic carbocycles. The number of likely N-dealkylation sites (tertiary alicyclic amines) is 1. The number of nitrogens with zero attached hydrogens (tertiary/aromatic N) is 2. The zero-order chi connectivity index (χ0) is 25.1. The second-order valence-corrected chi connectivity index (χ2v) is 7.75. The first kappa shape index (κ1) is 23.6. The second kappa shape index (κ2) is 9.76. The molecule has 1 aliphatic rings. The smallest absolute Gasteiger partial charge is 0.337 e. The summed E-state index contributed by atoms with van der Waals surface area (Å²) >= 11 is 0. The standard InChI is InChI=1S/C26H21FN2O6/c1-34-20-10-9-18(12-19(20)27)23(30)21-22(16-5-7-17(8-6-16)26(33)35-2)29(25(32)24(21)31)14-15-4-3-11-28-13-15/h3-13,22,30H,14H2,1-2H3/t22-/m0/s1. The van der Waals surface area contributed by atoms with Crippen LogP contribution in [0.2, 0.25) is 0 Å². The molecular weight excluding hydrogens is 455 g/mol. The lowest BCUT2D eigenvalue weighted by molar-refractivity contribution is -0.140. The molecule has 1 fully saturated rings. The van der Waals surface area contributed by atoms with Crippen molar-refractivity contribution in [3.63, 3.8) is 0 Å². The highest BCUT2D eigenvalue weighted by Gasteiger charge is 2.46. The third-order valence-electron chi connectivity index (χ3n) is 5.69. The molecule has 9 heteroatoms. The third-order valence-corrected chi connectivity index (χ3v) is 5.69. The summed E-state index contributed by atoms with van der Waals surface area (Å²) in [7, 11) is 2.56. The summed E-state index contributed by atoms with van der Waals surface area (Å²) in [5.41, 5.74) is 1.23. The van der Waals surface area contributed by atoms with E-state index < -0.39 is 35.3 Å². The maximum absolute atomic E-state index is 14.3. The summed E-state index contributed by atoms with van der Waals surface area (Å²) in [5, 5.41) is 11.1. The number of carbonyl (C=O) groups is 3. The van der Waals surface area contributed by atoms with Crippen LogP contribution in [-0.2, 0) is 20.9 Å². The number of hydrogen-bond donors (Lipinski definition) is 1. The molecule has 1 amide bonds. The van der Waals surface area contributed by atoms with Crippen molar-refractivity contribution in [3.05, 3.63) is 101 Å². The number of amides is 1. The van der Waals surface area contributed by atoms with E-state index in [9.17, 15) is 23.9 Å². The van der Waals surface area contributed by atoms with Crippen molar-refractivity contribution in [2.24, 2.45) is 0 Å². The molecule has 3 aromatic rings. The molecule has 1 aliphatic heterocycles. The van der Waals surface area contributed by atoms with Crippen LogP contribution in [0.1, 0.15) is 33.1 Å². The van der Waals surface area contributed by atoms with Crippen LogP contribution in [0.3, 0.4) is 0 Å². The van der Waals surface area contributed by atoms with Crippen molar-refractivity contribution in [1.29, 1.82) is 0 Å². The van der Waals surface area contributed by atoms with E-state index in [0.717, 1.165) is 6.07 Å². The molecule has 0 unspecified atom stereocenters.